The van der Waals surface area contributed by atoms with Crippen LogP contribution in [0.5, 0.6) is 11.5 Å². The van der Waals surface area contributed by atoms with Crippen LogP contribution in [-0.4, -0.2) is 42.6 Å². The van der Waals surface area contributed by atoms with E-state index in [-0.39, 0.29) is 11.3 Å². The summed E-state index contributed by atoms with van der Waals surface area (Å²) in [4.78, 5) is 18.6. The number of nitrogens with zero attached hydrogens (tertiary/aromatic N) is 1. The van der Waals surface area contributed by atoms with E-state index in [1.807, 2.05) is 18.2 Å². The highest BCUT2D eigenvalue weighted by Crippen LogP contribution is 2.52. The molecule has 1 saturated heterocycles. The van der Waals surface area contributed by atoms with Gasteiger partial charge in [-0.25, -0.2) is 0 Å². The van der Waals surface area contributed by atoms with Crippen LogP contribution in [0.3, 0.4) is 0 Å². The van der Waals surface area contributed by atoms with Crippen LogP contribution in [0, 0.1) is 10.8 Å². The van der Waals surface area contributed by atoms with Crippen LogP contribution in [0.15, 0.2) is 18.2 Å². The van der Waals surface area contributed by atoms with E-state index in [0.717, 1.165) is 30.3 Å². The van der Waals surface area contributed by atoms with Gasteiger partial charge in [0.25, 0.3) is 5.91 Å². The molecule has 1 aliphatic carbocycles. The van der Waals surface area contributed by atoms with E-state index in [1.54, 1.807) is 14.2 Å². The summed E-state index contributed by atoms with van der Waals surface area (Å²) in [6.45, 7) is 7.83. The van der Waals surface area contributed by atoms with Gasteiger partial charge < -0.3 is 19.4 Å². The zero-order chi connectivity index (χ0) is 18.7. The van der Waals surface area contributed by atoms with Crippen molar-refractivity contribution in [2.75, 3.05) is 20.8 Å². The van der Waals surface area contributed by atoms with Gasteiger partial charge in [0.05, 0.1) is 14.2 Å². The Morgan fingerprint density at radius 3 is 2.50 bits per heavy atom. The average molecular weight is 356 g/mol. The first-order valence-electron chi connectivity index (χ1n) is 9.29. The molecule has 4 rings (SSSR count). The van der Waals surface area contributed by atoms with Crippen molar-refractivity contribution < 1.29 is 14.3 Å². The summed E-state index contributed by atoms with van der Waals surface area (Å²) in [6.07, 6.45) is 3.38. The van der Waals surface area contributed by atoms with E-state index < -0.39 is 0 Å². The van der Waals surface area contributed by atoms with Gasteiger partial charge in [-0.05, 0) is 42.2 Å². The molecule has 140 valence electrons. The van der Waals surface area contributed by atoms with Gasteiger partial charge in [0, 0.05) is 29.6 Å². The summed E-state index contributed by atoms with van der Waals surface area (Å²) < 4.78 is 10.7. The quantitative estimate of drug-likeness (QED) is 0.895. The molecular weight excluding hydrogens is 328 g/mol. The highest BCUT2D eigenvalue weighted by atomic mass is 16.5. The minimum atomic E-state index is 0.102. The van der Waals surface area contributed by atoms with Crippen molar-refractivity contribution in [1.29, 1.82) is 0 Å². The molecule has 2 aliphatic rings. The number of carbonyl (C=O) groups excluding carboxylic acids is 1. The number of aromatic amines is 1. The number of benzene rings is 1. The molecule has 0 spiro atoms. The third-order valence-corrected chi connectivity index (χ3v) is 6.03. The smallest absolute Gasteiger partial charge is 0.270 e. The molecule has 2 bridgehead atoms. The number of carbonyl (C=O) groups is 1. The second-order valence-corrected chi connectivity index (χ2v) is 9.12. The molecule has 26 heavy (non-hydrogen) atoms. The lowest BCUT2D eigenvalue weighted by Gasteiger charge is -2.39. The summed E-state index contributed by atoms with van der Waals surface area (Å²) in [5.74, 6) is 1.43. The Morgan fingerprint density at radius 1 is 1.12 bits per heavy atom. The fourth-order valence-corrected chi connectivity index (χ4v) is 5.43. The number of amides is 1. The average Bonchev–Trinajstić information content (AvgIpc) is 3.09. The molecule has 2 aromatic rings. The molecule has 1 aromatic heterocycles. The SMILES string of the molecule is COc1cc2cc(C(=O)N3C[C@]4(C)C[C@@H]3CC(C)(C)C4)[nH]c2cc1OC. The Kier molecular flexibility index (Phi) is 3.76. The van der Waals surface area contributed by atoms with Crippen LogP contribution >= 0.6 is 0 Å². The van der Waals surface area contributed by atoms with Crippen molar-refractivity contribution in [2.24, 2.45) is 10.8 Å². The topological polar surface area (TPSA) is 54.6 Å². The zero-order valence-corrected chi connectivity index (χ0v) is 16.3. The highest BCUT2D eigenvalue weighted by Gasteiger charge is 2.51. The lowest BCUT2D eigenvalue weighted by Crippen LogP contribution is -2.37. The predicted octanol–water partition coefficient (Wildman–Crippen LogP) is 4.23. The van der Waals surface area contributed by atoms with Crippen molar-refractivity contribution >= 4 is 16.8 Å². The number of methoxy groups -OCH3 is 2. The van der Waals surface area contributed by atoms with Gasteiger partial charge >= 0.3 is 0 Å². The van der Waals surface area contributed by atoms with Crippen LogP contribution in [0.1, 0.15) is 50.5 Å². The first-order chi connectivity index (χ1) is 12.2. The number of hydrogen-bond acceptors (Lipinski definition) is 3. The minimum Gasteiger partial charge on any atom is -0.493 e. The van der Waals surface area contributed by atoms with Crippen molar-refractivity contribution in [3.8, 4) is 11.5 Å². The monoisotopic (exact) mass is 356 g/mol. The summed E-state index contributed by atoms with van der Waals surface area (Å²) in [6, 6.07) is 6.06. The molecule has 2 heterocycles. The van der Waals surface area contributed by atoms with Crippen LogP contribution < -0.4 is 9.47 Å². The molecule has 1 saturated carbocycles. The first kappa shape index (κ1) is 17.3. The maximum atomic E-state index is 13.3. The van der Waals surface area contributed by atoms with E-state index in [0.29, 0.717) is 28.6 Å². The van der Waals surface area contributed by atoms with Gasteiger partial charge in [0.15, 0.2) is 11.5 Å². The number of ether oxygens (including phenoxy) is 2. The molecule has 2 atom stereocenters. The summed E-state index contributed by atoms with van der Waals surface area (Å²) in [5.41, 5.74) is 2.07. The molecular formula is C21H28N2O3. The van der Waals surface area contributed by atoms with Gasteiger partial charge in [0.1, 0.15) is 5.69 Å². The van der Waals surface area contributed by atoms with Gasteiger partial charge in [-0.2, -0.15) is 0 Å². The summed E-state index contributed by atoms with van der Waals surface area (Å²) >= 11 is 0. The van der Waals surface area contributed by atoms with E-state index in [1.165, 1.54) is 6.42 Å². The molecule has 1 amide bonds. The fourth-order valence-electron chi connectivity index (χ4n) is 5.43. The van der Waals surface area contributed by atoms with E-state index >= 15 is 0 Å². The van der Waals surface area contributed by atoms with Crippen molar-refractivity contribution in [3.05, 3.63) is 23.9 Å². The Labute approximate surface area is 154 Å². The maximum Gasteiger partial charge on any atom is 0.270 e. The van der Waals surface area contributed by atoms with Gasteiger partial charge in [-0.3, -0.25) is 4.79 Å². The molecule has 1 aliphatic heterocycles. The normalized spacial score (nSPS) is 27.0. The van der Waals surface area contributed by atoms with Crippen molar-refractivity contribution in [1.82, 2.24) is 9.88 Å². The van der Waals surface area contributed by atoms with E-state index in [2.05, 4.69) is 30.7 Å². The summed E-state index contributed by atoms with van der Waals surface area (Å²) in [7, 11) is 3.24. The molecule has 5 nitrogen and oxygen atoms in total. The van der Waals surface area contributed by atoms with Crippen LogP contribution in [-0.2, 0) is 0 Å². The van der Waals surface area contributed by atoms with Gasteiger partial charge in [-0.1, -0.05) is 20.8 Å². The largest absolute Gasteiger partial charge is 0.493 e. The van der Waals surface area contributed by atoms with Crippen LogP contribution in [0.2, 0.25) is 0 Å². The number of rotatable bonds is 3. The second kappa shape index (κ2) is 5.66. The van der Waals surface area contributed by atoms with Crippen molar-refractivity contribution in [2.45, 2.75) is 46.1 Å². The Balaban J connectivity index is 1.67. The third-order valence-electron chi connectivity index (χ3n) is 6.03. The zero-order valence-electron chi connectivity index (χ0n) is 16.3. The number of H-pyrrole nitrogens is 1. The maximum absolute atomic E-state index is 13.3. The number of hydrogen-bond donors (Lipinski definition) is 1. The third kappa shape index (κ3) is 2.74. The molecule has 0 unspecified atom stereocenters. The number of aromatic nitrogens is 1. The number of fused-ring (bicyclic) bond motifs is 3. The molecule has 1 aromatic carbocycles. The molecule has 0 radical (unpaired) electrons. The van der Waals surface area contributed by atoms with Crippen molar-refractivity contribution in [3.63, 3.8) is 0 Å². The molecule has 2 fully saturated rings. The Bertz CT molecular complexity index is 829. The van der Waals surface area contributed by atoms with E-state index in [9.17, 15) is 4.79 Å². The lowest BCUT2D eigenvalue weighted by molar-refractivity contribution is 0.0703. The van der Waals surface area contributed by atoms with Gasteiger partial charge in [0.2, 0.25) is 0 Å². The summed E-state index contributed by atoms with van der Waals surface area (Å²) in [5, 5.41) is 0.958. The lowest BCUT2D eigenvalue weighted by atomic mass is 9.65. The van der Waals surface area contributed by atoms with Crippen LogP contribution in [0.4, 0.5) is 0 Å². The van der Waals surface area contributed by atoms with E-state index in [4.69, 9.17) is 9.47 Å². The number of likely N-dealkylation sites (tertiary alicyclic amines) is 1. The predicted molar refractivity (Wildman–Crippen MR) is 102 cm³/mol. The number of nitrogens with one attached hydrogen (secondary N) is 1. The molecule has 5 heteroatoms. The fraction of sp³-hybridized carbons (Fsp3) is 0.571. The second-order valence-electron chi connectivity index (χ2n) is 9.12. The standard InChI is InChI=1S/C21H28N2O3/c1-20(2)9-14-10-21(3,11-20)12-23(14)19(24)16-6-13-7-17(25-4)18(26-5)8-15(13)22-16/h6-8,14,22H,9-12H2,1-5H3/t14-,21+/m0/s1. The Morgan fingerprint density at radius 2 is 1.81 bits per heavy atom. The Hall–Kier alpha value is -2.17. The molecule has 1 N–H and O–H groups in total. The van der Waals surface area contributed by atoms with Gasteiger partial charge in [-0.15, -0.1) is 0 Å². The van der Waals surface area contributed by atoms with Crippen LogP contribution in [0.25, 0.3) is 10.9 Å². The highest BCUT2D eigenvalue weighted by molar-refractivity contribution is 5.99. The minimum absolute atomic E-state index is 0.102. The first-order valence-corrected chi connectivity index (χ1v) is 9.29.